The highest BCUT2D eigenvalue weighted by Crippen LogP contribution is 2.27. The van der Waals surface area contributed by atoms with Gasteiger partial charge in [0.2, 0.25) is 5.89 Å². The molecule has 1 aromatic heterocycles. The molecule has 0 spiro atoms. The molecule has 2 aromatic rings. The number of rotatable bonds is 7. The van der Waals surface area contributed by atoms with Gasteiger partial charge in [0.05, 0.1) is 12.3 Å². The summed E-state index contributed by atoms with van der Waals surface area (Å²) in [4.78, 5) is 4.58. The molecule has 0 fully saturated rings. The van der Waals surface area contributed by atoms with Gasteiger partial charge in [-0.25, -0.2) is 4.98 Å². The van der Waals surface area contributed by atoms with E-state index in [-0.39, 0.29) is 0 Å². The normalized spacial score (nSPS) is 17.0. The van der Waals surface area contributed by atoms with Crippen molar-refractivity contribution in [1.29, 1.82) is 0 Å². The van der Waals surface area contributed by atoms with Crippen LogP contribution in [0.4, 0.5) is 0 Å². The van der Waals surface area contributed by atoms with E-state index >= 15 is 0 Å². The van der Waals surface area contributed by atoms with Gasteiger partial charge >= 0.3 is 0 Å². The van der Waals surface area contributed by atoms with Gasteiger partial charge < -0.3 is 14.5 Å². The number of fused-ring (bicyclic) bond motifs is 1. The average Bonchev–Trinajstić information content (AvgIpc) is 2.95. The van der Waals surface area contributed by atoms with Crippen LogP contribution in [0.5, 0.6) is 5.75 Å². The first kappa shape index (κ1) is 18.7. The Labute approximate surface area is 156 Å². The number of hydrogen-bond acceptors (Lipinski definition) is 4. The molecule has 4 heteroatoms. The van der Waals surface area contributed by atoms with Crippen molar-refractivity contribution < 1.29 is 9.15 Å². The largest absolute Gasteiger partial charge is 0.493 e. The SMILES string of the molecule is Cc1oc(/C=C/CC(C)C)nc1CCOc1ccc2c(c1)C(C)NCC2. The fourth-order valence-electron chi connectivity index (χ4n) is 3.29. The van der Waals surface area contributed by atoms with E-state index in [0.717, 1.165) is 43.0 Å². The van der Waals surface area contributed by atoms with Crippen LogP contribution in [0, 0.1) is 12.8 Å². The van der Waals surface area contributed by atoms with E-state index in [0.29, 0.717) is 24.5 Å². The smallest absolute Gasteiger partial charge is 0.218 e. The summed E-state index contributed by atoms with van der Waals surface area (Å²) < 4.78 is 11.7. The maximum atomic E-state index is 5.97. The third-order valence-corrected chi connectivity index (χ3v) is 4.81. The summed E-state index contributed by atoms with van der Waals surface area (Å²) in [5.41, 5.74) is 3.75. The van der Waals surface area contributed by atoms with Crippen molar-refractivity contribution >= 4 is 6.08 Å². The second-order valence-electron chi connectivity index (χ2n) is 7.47. The highest BCUT2D eigenvalue weighted by Gasteiger charge is 2.16. The molecule has 1 atom stereocenters. The molecule has 0 bridgehead atoms. The summed E-state index contributed by atoms with van der Waals surface area (Å²) in [7, 11) is 0. The first-order valence-corrected chi connectivity index (χ1v) is 9.64. The number of aryl methyl sites for hydroxylation is 1. The number of nitrogens with one attached hydrogen (secondary N) is 1. The van der Waals surface area contributed by atoms with Gasteiger partial charge in [-0.15, -0.1) is 0 Å². The molecule has 0 aliphatic carbocycles. The minimum atomic E-state index is 0.389. The lowest BCUT2D eigenvalue weighted by atomic mass is 9.95. The lowest BCUT2D eigenvalue weighted by Crippen LogP contribution is -2.27. The summed E-state index contributed by atoms with van der Waals surface area (Å²) in [6, 6.07) is 6.83. The van der Waals surface area contributed by atoms with Gasteiger partial charge in [0.25, 0.3) is 0 Å². The quantitative estimate of drug-likeness (QED) is 0.770. The van der Waals surface area contributed by atoms with Gasteiger partial charge in [-0.3, -0.25) is 0 Å². The standard InChI is InChI=1S/C22H30N2O2/c1-15(2)6-5-7-22-24-21(17(4)26-22)11-13-25-19-9-8-18-10-12-23-16(3)20(18)14-19/h5,7-9,14-16,23H,6,10-13H2,1-4H3/b7-5+. The van der Waals surface area contributed by atoms with E-state index in [1.165, 1.54) is 11.1 Å². The van der Waals surface area contributed by atoms with Crippen molar-refractivity contribution in [2.45, 2.75) is 53.0 Å². The molecule has 1 aliphatic heterocycles. The maximum absolute atomic E-state index is 5.97. The molecule has 1 aromatic carbocycles. The molecule has 26 heavy (non-hydrogen) atoms. The van der Waals surface area contributed by atoms with E-state index in [2.05, 4.69) is 55.3 Å². The Bertz CT molecular complexity index is 761. The van der Waals surface area contributed by atoms with Crippen LogP contribution in [0.2, 0.25) is 0 Å². The van der Waals surface area contributed by atoms with Crippen LogP contribution < -0.4 is 10.1 Å². The number of aromatic nitrogens is 1. The second kappa shape index (κ2) is 8.54. The Balaban J connectivity index is 1.56. The van der Waals surface area contributed by atoms with Crippen LogP contribution in [0.1, 0.15) is 61.7 Å². The number of benzene rings is 1. The third kappa shape index (κ3) is 4.76. The van der Waals surface area contributed by atoms with Crippen molar-refractivity contribution in [3.05, 3.63) is 52.7 Å². The van der Waals surface area contributed by atoms with Gasteiger partial charge in [0.15, 0.2) is 0 Å². The Morgan fingerprint density at radius 2 is 2.23 bits per heavy atom. The zero-order chi connectivity index (χ0) is 18.5. The summed E-state index contributed by atoms with van der Waals surface area (Å²) in [6.07, 6.45) is 6.96. The van der Waals surface area contributed by atoms with Crippen molar-refractivity contribution in [2.24, 2.45) is 5.92 Å². The summed E-state index contributed by atoms with van der Waals surface area (Å²) >= 11 is 0. The first-order valence-electron chi connectivity index (χ1n) is 9.64. The summed E-state index contributed by atoms with van der Waals surface area (Å²) in [5.74, 6) is 3.13. The molecule has 4 nitrogen and oxygen atoms in total. The zero-order valence-electron chi connectivity index (χ0n) is 16.3. The molecule has 0 saturated heterocycles. The van der Waals surface area contributed by atoms with Gasteiger partial charge in [-0.2, -0.15) is 0 Å². The monoisotopic (exact) mass is 354 g/mol. The molecule has 1 aliphatic rings. The lowest BCUT2D eigenvalue weighted by molar-refractivity contribution is 0.319. The van der Waals surface area contributed by atoms with E-state index in [9.17, 15) is 0 Å². The molecule has 0 radical (unpaired) electrons. The molecule has 2 heterocycles. The van der Waals surface area contributed by atoms with Crippen LogP contribution >= 0.6 is 0 Å². The Morgan fingerprint density at radius 1 is 1.38 bits per heavy atom. The number of allylic oxidation sites excluding steroid dienone is 1. The fraction of sp³-hybridized carbons (Fsp3) is 0.500. The van der Waals surface area contributed by atoms with Gasteiger partial charge in [-0.05, 0) is 68.5 Å². The van der Waals surface area contributed by atoms with Crippen molar-refractivity contribution in [2.75, 3.05) is 13.2 Å². The fourth-order valence-corrected chi connectivity index (χ4v) is 3.29. The zero-order valence-corrected chi connectivity index (χ0v) is 16.3. The third-order valence-electron chi connectivity index (χ3n) is 4.81. The van der Waals surface area contributed by atoms with Gasteiger partial charge in [-0.1, -0.05) is 26.0 Å². The van der Waals surface area contributed by atoms with Gasteiger partial charge in [0.1, 0.15) is 11.5 Å². The average molecular weight is 354 g/mol. The van der Waals surface area contributed by atoms with E-state index in [4.69, 9.17) is 9.15 Å². The van der Waals surface area contributed by atoms with E-state index in [1.54, 1.807) is 0 Å². The predicted molar refractivity (Wildman–Crippen MR) is 105 cm³/mol. The highest BCUT2D eigenvalue weighted by molar-refractivity contribution is 5.40. The van der Waals surface area contributed by atoms with Gasteiger partial charge in [0, 0.05) is 12.5 Å². The van der Waals surface area contributed by atoms with Crippen molar-refractivity contribution in [3.63, 3.8) is 0 Å². The predicted octanol–water partition coefficient (Wildman–Crippen LogP) is 4.87. The summed E-state index contributed by atoms with van der Waals surface area (Å²) in [6.45, 7) is 10.2. The maximum Gasteiger partial charge on any atom is 0.218 e. The van der Waals surface area contributed by atoms with Crippen molar-refractivity contribution in [1.82, 2.24) is 10.3 Å². The highest BCUT2D eigenvalue weighted by atomic mass is 16.5. The number of ether oxygens (including phenoxy) is 1. The molecular formula is C22H30N2O2. The molecule has 3 rings (SSSR count). The molecule has 1 N–H and O–H groups in total. The molecule has 1 unspecified atom stereocenters. The number of oxazole rings is 1. The molecular weight excluding hydrogens is 324 g/mol. The van der Waals surface area contributed by atoms with E-state index < -0.39 is 0 Å². The summed E-state index contributed by atoms with van der Waals surface area (Å²) in [5, 5.41) is 3.50. The van der Waals surface area contributed by atoms with Crippen LogP contribution in [0.15, 0.2) is 28.7 Å². The lowest BCUT2D eigenvalue weighted by Gasteiger charge is -2.24. The topological polar surface area (TPSA) is 47.3 Å². The first-order chi connectivity index (χ1) is 12.5. The van der Waals surface area contributed by atoms with Crippen molar-refractivity contribution in [3.8, 4) is 5.75 Å². The van der Waals surface area contributed by atoms with Crippen LogP contribution in [-0.4, -0.2) is 18.1 Å². The molecule has 0 saturated carbocycles. The second-order valence-corrected chi connectivity index (χ2v) is 7.47. The Kier molecular flexibility index (Phi) is 6.15. The minimum absolute atomic E-state index is 0.389. The molecule has 0 amide bonds. The molecule has 140 valence electrons. The minimum Gasteiger partial charge on any atom is -0.493 e. The van der Waals surface area contributed by atoms with Crippen LogP contribution in [0.25, 0.3) is 6.08 Å². The van der Waals surface area contributed by atoms with Crippen LogP contribution in [0.3, 0.4) is 0 Å². The van der Waals surface area contributed by atoms with Crippen LogP contribution in [-0.2, 0) is 12.8 Å². The number of nitrogens with zero attached hydrogens (tertiary/aromatic N) is 1. The Hall–Kier alpha value is -2.07. The van der Waals surface area contributed by atoms with E-state index in [1.807, 2.05) is 13.0 Å². The Morgan fingerprint density at radius 3 is 3.04 bits per heavy atom. The number of hydrogen-bond donors (Lipinski definition) is 1.